The summed E-state index contributed by atoms with van der Waals surface area (Å²) in [5.41, 5.74) is 2.66. The molecule has 0 unspecified atom stereocenters. The second-order valence-corrected chi connectivity index (χ2v) is 4.15. The number of benzene rings is 1. The first-order valence-corrected chi connectivity index (χ1v) is 5.88. The number of carbonyl (C=O) groups is 2. The lowest BCUT2D eigenvalue weighted by molar-refractivity contribution is -0.139. The molecule has 0 aliphatic carbocycles. The SMILES string of the molecule is Cc1ccc(C)cc1.O=C(O)CCCCC(=O)O. The van der Waals surface area contributed by atoms with Crippen LogP contribution >= 0.6 is 0 Å². The van der Waals surface area contributed by atoms with Crippen LogP contribution in [0.2, 0.25) is 0 Å². The molecule has 0 atom stereocenters. The van der Waals surface area contributed by atoms with Gasteiger partial charge < -0.3 is 10.2 Å². The van der Waals surface area contributed by atoms with Crippen LogP contribution < -0.4 is 0 Å². The highest BCUT2D eigenvalue weighted by molar-refractivity contribution is 5.67. The van der Waals surface area contributed by atoms with Gasteiger partial charge in [0.1, 0.15) is 0 Å². The molecule has 1 aromatic carbocycles. The van der Waals surface area contributed by atoms with E-state index in [2.05, 4.69) is 38.1 Å². The van der Waals surface area contributed by atoms with Crippen LogP contribution in [-0.2, 0) is 9.59 Å². The maximum Gasteiger partial charge on any atom is 0.303 e. The second-order valence-electron chi connectivity index (χ2n) is 4.15. The van der Waals surface area contributed by atoms with E-state index >= 15 is 0 Å². The first-order chi connectivity index (χ1) is 8.41. The van der Waals surface area contributed by atoms with Crippen molar-refractivity contribution in [2.24, 2.45) is 0 Å². The van der Waals surface area contributed by atoms with E-state index in [1.54, 1.807) is 0 Å². The van der Waals surface area contributed by atoms with Gasteiger partial charge >= 0.3 is 11.9 Å². The lowest BCUT2D eigenvalue weighted by atomic mass is 10.2. The molecule has 1 aromatic rings. The summed E-state index contributed by atoms with van der Waals surface area (Å²) in [4.78, 5) is 19.8. The molecular weight excluding hydrogens is 232 g/mol. The van der Waals surface area contributed by atoms with Crippen molar-refractivity contribution < 1.29 is 19.8 Å². The smallest absolute Gasteiger partial charge is 0.303 e. The molecule has 4 nitrogen and oxygen atoms in total. The Morgan fingerprint density at radius 3 is 1.33 bits per heavy atom. The third-order valence-electron chi connectivity index (χ3n) is 2.25. The number of rotatable bonds is 5. The number of carboxylic acids is 2. The van der Waals surface area contributed by atoms with Gasteiger partial charge in [0.2, 0.25) is 0 Å². The summed E-state index contributed by atoms with van der Waals surface area (Å²) in [6.45, 7) is 4.19. The molecule has 18 heavy (non-hydrogen) atoms. The molecule has 0 bridgehead atoms. The van der Waals surface area contributed by atoms with Crippen molar-refractivity contribution in [1.29, 1.82) is 0 Å². The van der Waals surface area contributed by atoms with Crippen LogP contribution in [0.15, 0.2) is 24.3 Å². The van der Waals surface area contributed by atoms with Gasteiger partial charge in [-0.1, -0.05) is 35.4 Å². The normalized spacial score (nSPS) is 9.22. The number of aliphatic carboxylic acids is 2. The standard InChI is InChI=1S/C8H10.C6H10O4/c1-7-3-5-8(2)6-4-7;7-5(8)3-1-2-4-6(9)10/h3-6H,1-2H3;1-4H2,(H,7,8)(H,9,10). The Kier molecular flexibility index (Phi) is 8.27. The fraction of sp³-hybridized carbons (Fsp3) is 0.429. The topological polar surface area (TPSA) is 74.6 Å². The third-order valence-corrected chi connectivity index (χ3v) is 2.25. The summed E-state index contributed by atoms with van der Waals surface area (Å²) in [7, 11) is 0. The van der Waals surface area contributed by atoms with Gasteiger partial charge in [-0.2, -0.15) is 0 Å². The average molecular weight is 252 g/mol. The van der Waals surface area contributed by atoms with E-state index in [4.69, 9.17) is 10.2 Å². The Morgan fingerprint density at radius 1 is 0.833 bits per heavy atom. The van der Waals surface area contributed by atoms with Crippen LogP contribution in [0.25, 0.3) is 0 Å². The van der Waals surface area contributed by atoms with Crippen LogP contribution in [-0.4, -0.2) is 22.2 Å². The summed E-state index contributed by atoms with van der Waals surface area (Å²) in [6, 6.07) is 8.48. The van der Waals surface area contributed by atoms with Gasteiger partial charge in [-0.15, -0.1) is 0 Å². The molecule has 0 heterocycles. The third kappa shape index (κ3) is 10.7. The summed E-state index contributed by atoms with van der Waals surface area (Å²) >= 11 is 0. The Balaban J connectivity index is 0.000000327. The molecular formula is C14H20O4. The minimum absolute atomic E-state index is 0.0628. The maximum atomic E-state index is 9.90. The zero-order valence-electron chi connectivity index (χ0n) is 10.8. The van der Waals surface area contributed by atoms with Gasteiger partial charge in [0.05, 0.1) is 0 Å². The predicted octanol–water partition coefficient (Wildman–Crippen LogP) is 3.02. The monoisotopic (exact) mass is 252 g/mol. The Bertz CT molecular complexity index is 331. The number of aryl methyl sites for hydroxylation is 2. The molecule has 0 radical (unpaired) electrons. The zero-order valence-corrected chi connectivity index (χ0v) is 10.8. The van der Waals surface area contributed by atoms with Crippen molar-refractivity contribution in [2.45, 2.75) is 39.5 Å². The summed E-state index contributed by atoms with van der Waals surface area (Å²) in [5, 5.41) is 16.3. The van der Waals surface area contributed by atoms with Crippen LogP contribution in [0.3, 0.4) is 0 Å². The number of unbranched alkanes of at least 4 members (excludes halogenated alkanes) is 1. The van der Waals surface area contributed by atoms with Crippen molar-refractivity contribution >= 4 is 11.9 Å². The van der Waals surface area contributed by atoms with Crippen LogP contribution in [0.4, 0.5) is 0 Å². The fourth-order valence-electron chi connectivity index (χ4n) is 1.19. The van der Waals surface area contributed by atoms with Gasteiger partial charge in [0.25, 0.3) is 0 Å². The van der Waals surface area contributed by atoms with E-state index in [0.717, 1.165) is 0 Å². The Hall–Kier alpha value is -1.84. The molecule has 4 heteroatoms. The van der Waals surface area contributed by atoms with Crippen molar-refractivity contribution in [3.63, 3.8) is 0 Å². The van der Waals surface area contributed by atoms with E-state index < -0.39 is 11.9 Å². The van der Waals surface area contributed by atoms with E-state index in [9.17, 15) is 9.59 Å². The number of carboxylic acid groups (broad SMARTS) is 2. The molecule has 0 fully saturated rings. The van der Waals surface area contributed by atoms with E-state index in [1.165, 1.54) is 11.1 Å². The summed E-state index contributed by atoms with van der Waals surface area (Å²) in [5.74, 6) is -1.74. The van der Waals surface area contributed by atoms with Crippen LogP contribution in [0.5, 0.6) is 0 Å². The van der Waals surface area contributed by atoms with E-state index in [1.807, 2.05) is 0 Å². The van der Waals surface area contributed by atoms with Crippen molar-refractivity contribution in [3.05, 3.63) is 35.4 Å². The van der Waals surface area contributed by atoms with Crippen molar-refractivity contribution in [3.8, 4) is 0 Å². The van der Waals surface area contributed by atoms with Crippen molar-refractivity contribution in [1.82, 2.24) is 0 Å². The average Bonchev–Trinajstić information content (AvgIpc) is 2.29. The highest BCUT2D eigenvalue weighted by atomic mass is 16.4. The first kappa shape index (κ1) is 16.2. The second kappa shape index (κ2) is 9.22. The quantitative estimate of drug-likeness (QED) is 0.790. The number of hydrogen-bond acceptors (Lipinski definition) is 2. The van der Waals surface area contributed by atoms with Crippen molar-refractivity contribution in [2.75, 3.05) is 0 Å². The van der Waals surface area contributed by atoms with Crippen LogP contribution in [0, 0.1) is 13.8 Å². The Morgan fingerprint density at radius 2 is 1.11 bits per heavy atom. The van der Waals surface area contributed by atoms with Gasteiger partial charge in [-0.3, -0.25) is 9.59 Å². The molecule has 1 rings (SSSR count). The number of hydrogen-bond donors (Lipinski definition) is 2. The molecule has 100 valence electrons. The summed E-state index contributed by atoms with van der Waals surface area (Å²) in [6.07, 6.45) is 1.02. The fourth-order valence-corrected chi connectivity index (χ4v) is 1.19. The lowest BCUT2D eigenvalue weighted by Crippen LogP contribution is -1.97. The highest BCUT2D eigenvalue weighted by Crippen LogP contribution is 1.99. The lowest BCUT2D eigenvalue weighted by Gasteiger charge is -1.92. The molecule has 2 N–H and O–H groups in total. The maximum absolute atomic E-state index is 9.90. The van der Waals surface area contributed by atoms with Gasteiger partial charge in [0, 0.05) is 12.8 Å². The predicted molar refractivity (Wildman–Crippen MR) is 69.7 cm³/mol. The molecule has 0 aromatic heterocycles. The van der Waals surface area contributed by atoms with Gasteiger partial charge in [0.15, 0.2) is 0 Å². The van der Waals surface area contributed by atoms with E-state index in [-0.39, 0.29) is 12.8 Å². The minimum atomic E-state index is -0.870. The zero-order chi connectivity index (χ0) is 14.0. The first-order valence-electron chi connectivity index (χ1n) is 5.88. The summed E-state index contributed by atoms with van der Waals surface area (Å²) < 4.78 is 0. The molecule has 0 saturated heterocycles. The molecule has 0 amide bonds. The molecule has 0 saturated carbocycles. The van der Waals surface area contributed by atoms with Gasteiger partial charge in [-0.05, 0) is 26.7 Å². The van der Waals surface area contributed by atoms with Gasteiger partial charge in [-0.25, -0.2) is 0 Å². The van der Waals surface area contributed by atoms with Crippen LogP contribution in [0.1, 0.15) is 36.8 Å². The van der Waals surface area contributed by atoms with E-state index in [0.29, 0.717) is 12.8 Å². The molecule has 0 spiro atoms. The highest BCUT2D eigenvalue weighted by Gasteiger charge is 1.99. The molecule has 0 aliphatic rings. The largest absolute Gasteiger partial charge is 0.481 e. The molecule has 0 aliphatic heterocycles. The Labute approximate surface area is 107 Å². The minimum Gasteiger partial charge on any atom is -0.481 e.